The molecule has 3 heterocycles. The SMILES string of the molecule is O=c1c2ccccc2n(C[C@@H](O)CN2CCN(C/C=C/c3ccccc3)CC2)c(=O)n1C[C@H](O)CN1CCN(C/C=C/c2ccccc2)CC1. The maximum absolute atomic E-state index is 13.8. The molecule has 50 heavy (non-hydrogen) atoms. The van der Waals surface area contributed by atoms with Crippen molar-refractivity contribution in [2.45, 2.75) is 25.3 Å². The lowest BCUT2D eigenvalue weighted by Gasteiger charge is -2.35. The first-order valence-corrected chi connectivity index (χ1v) is 17.8. The molecule has 2 fully saturated rings. The van der Waals surface area contributed by atoms with Crippen LogP contribution < -0.4 is 11.2 Å². The molecule has 6 rings (SSSR count). The van der Waals surface area contributed by atoms with Crippen LogP contribution >= 0.6 is 0 Å². The molecule has 264 valence electrons. The zero-order valence-corrected chi connectivity index (χ0v) is 28.8. The number of aromatic nitrogens is 2. The first kappa shape index (κ1) is 35.7. The van der Waals surface area contributed by atoms with E-state index in [9.17, 15) is 19.8 Å². The van der Waals surface area contributed by atoms with Gasteiger partial charge < -0.3 is 10.2 Å². The van der Waals surface area contributed by atoms with Crippen molar-refractivity contribution in [1.29, 1.82) is 0 Å². The lowest BCUT2D eigenvalue weighted by Crippen LogP contribution is -2.51. The number of hydrogen-bond donors (Lipinski definition) is 2. The third kappa shape index (κ3) is 9.75. The molecule has 2 saturated heterocycles. The van der Waals surface area contributed by atoms with Gasteiger partial charge in [0, 0.05) is 78.5 Å². The van der Waals surface area contributed by atoms with Crippen LogP contribution in [0.4, 0.5) is 0 Å². The van der Waals surface area contributed by atoms with Crippen molar-refractivity contribution in [1.82, 2.24) is 28.7 Å². The second-order valence-electron chi connectivity index (χ2n) is 13.5. The van der Waals surface area contributed by atoms with Crippen LogP contribution in [0.25, 0.3) is 23.1 Å². The molecular formula is C40H50N6O4. The predicted molar refractivity (Wildman–Crippen MR) is 201 cm³/mol. The lowest BCUT2D eigenvalue weighted by molar-refractivity contribution is 0.0632. The van der Waals surface area contributed by atoms with Gasteiger partial charge in [-0.25, -0.2) is 4.79 Å². The Morgan fingerprint density at radius 2 is 0.940 bits per heavy atom. The number of fused-ring (bicyclic) bond motifs is 1. The molecule has 2 N–H and O–H groups in total. The minimum atomic E-state index is -0.886. The number of nitrogens with zero attached hydrogens (tertiary/aromatic N) is 6. The van der Waals surface area contributed by atoms with E-state index < -0.39 is 23.5 Å². The highest BCUT2D eigenvalue weighted by Crippen LogP contribution is 2.11. The fraction of sp³-hybridized carbons (Fsp3) is 0.400. The highest BCUT2D eigenvalue weighted by atomic mass is 16.3. The zero-order chi connectivity index (χ0) is 34.7. The summed E-state index contributed by atoms with van der Waals surface area (Å²) in [7, 11) is 0. The van der Waals surface area contributed by atoms with E-state index in [0.29, 0.717) is 24.0 Å². The highest BCUT2D eigenvalue weighted by molar-refractivity contribution is 5.77. The molecule has 2 aliphatic heterocycles. The number of benzene rings is 3. The summed E-state index contributed by atoms with van der Waals surface area (Å²) in [6.07, 6.45) is 6.97. The van der Waals surface area contributed by atoms with Crippen LogP contribution in [-0.2, 0) is 13.1 Å². The maximum Gasteiger partial charge on any atom is 0.331 e. The van der Waals surface area contributed by atoms with Gasteiger partial charge in [-0.3, -0.25) is 33.5 Å². The minimum absolute atomic E-state index is 0.0659. The summed E-state index contributed by atoms with van der Waals surface area (Å²) in [5, 5.41) is 22.7. The number of aliphatic hydroxyl groups is 2. The summed E-state index contributed by atoms with van der Waals surface area (Å²) in [6, 6.07) is 27.6. The normalized spacial score (nSPS) is 18.4. The summed E-state index contributed by atoms with van der Waals surface area (Å²) in [6.45, 7) is 9.36. The molecule has 2 atom stereocenters. The summed E-state index contributed by atoms with van der Waals surface area (Å²) < 4.78 is 2.65. The standard InChI is InChI=1S/C40H50N6O4/c47-35(29-43-25-21-41(22-26-43)19-9-15-33-11-3-1-4-12-33)31-45-38-18-8-7-17-37(38)39(49)46(40(45)50)32-36(48)30-44-27-23-42(24-28-44)20-10-16-34-13-5-2-6-14-34/h1-18,35-36,47-48H,19-32H2/b15-9+,16-10+/t35-,36+/m0/s1. The third-order valence-electron chi connectivity index (χ3n) is 9.73. The van der Waals surface area contributed by atoms with E-state index in [1.54, 1.807) is 24.3 Å². The van der Waals surface area contributed by atoms with Gasteiger partial charge in [0.25, 0.3) is 5.56 Å². The lowest BCUT2D eigenvalue weighted by atomic mass is 10.2. The first-order valence-electron chi connectivity index (χ1n) is 17.8. The molecule has 0 radical (unpaired) electrons. The molecule has 0 bridgehead atoms. The average Bonchev–Trinajstić information content (AvgIpc) is 3.14. The van der Waals surface area contributed by atoms with Crippen LogP contribution in [0.15, 0.2) is 107 Å². The quantitative estimate of drug-likeness (QED) is 0.210. The van der Waals surface area contributed by atoms with Crippen molar-refractivity contribution >= 4 is 23.1 Å². The van der Waals surface area contributed by atoms with Crippen LogP contribution in [0.2, 0.25) is 0 Å². The van der Waals surface area contributed by atoms with Gasteiger partial charge in [-0.1, -0.05) is 97.1 Å². The Morgan fingerprint density at radius 3 is 1.44 bits per heavy atom. The number of aliphatic hydroxyl groups excluding tert-OH is 2. The number of piperazine rings is 2. The number of para-hydroxylation sites is 1. The van der Waals surface area contributed by atoms with Crippen molar-refractivity contribution < 1.29 is 10.2 Å². The van der Waals surface area contributed by atoms with Gasteiger partial charge in [-0.2, -0.15) is 0 Å². The van der Waals surface area contributed by atoms with E-state index in [1.807, 2.05) is 36.4 Å². The maximum atomic E-state index is 13.8. The summed E-state index contributed by atoms with van der Waals surface area (Å²) in [5.74, 6) is 0. The van der Waals surface area contributed by atoms with E-state index in [-0.39, 0.29) is 13.1 Å². The minimum Gasteiger partial charge on any atom is -0.390 e. The van der Waals surface area contributed by atoms with Crippen LogP contribution in [0.1, 0.15) is 11.1 Å². The molecular weight excluding hydrogens is 628 g/mol. The van der Waals surface area contributed by atoms with Gasteiger partial charge in [0.2, 0.25) is 0 Å². The molecule has 4 aromatic rings. The van der Waals surface area contributed by atoms with E-state index in [2.05, 4.69) is 68.2 Å². The number of β-amino-alcohol motifs (C(OH)–C–C–N with tert-alkyl or cyclic N) is 2. The van der Waals surface area contributed by atoms with Gasteiger partial charge in [-0.15, -0.1) is 0 Å². The molecule has 10 heteroatoms. The van der Waals surface area contributed by atoms with Gasteiger partial charge in [0.1, 0.15) is 0 Å². The van der Waals surface area contributed by atoms with Crippen LogP contribution in [0.3, 0.4) is 0 Å². The smallest absolute Gasteiger partial charge is 0.331 e. The third-order valence-corrected chi connectivity index (χ3v) is 9.73. The number of hydrogen-bond acceptors (Lipinski definition) is 8. The monoisotopic (exact) mass is 678 g/mol. The molecule has 0 spiro atoms. The second kappa shape index (κ2) is 17.7. The van der Waals surface area contributed by atoms with Crippen molar-refractivity contribution in [2.24, 2.45) is 0 Å². The van der Waals surface area contributed by atoms with Crippen LogP contribution in [0.5, 0.6) is 0 Å². The van der Waals surface area contributed by atoms with Crippen molar-refractivity contribution in [3.63, 3.8) is 0 Å². The van der Waals surface area contributed by atoms with Gasteiger partial charge in [-0.05, 0) is 23.3 Å². The molecule has 1 aromatic heterocycles. The molecule has 10 nitrogen and oxygen atoms in total. The van der Waals surface area contributed by atoms with Gasteiger partial charge in [0.15, 0.2) is 0 Å². The van der Waals surface area contributed by atoms with Crippen molar-refractivity contribution in [3.8, 4) is 0 Å². The fourth-order valence-electron chi connectivity index (χ4n) is 6.95. The predicted octanol–water partition coefficient (Wildman–Crippen LogP) is 2.55. The molecule has 2 aliphatic rings. The van der Waals surface area contributed by atoms with E-state index >= 15 is 0 Å². The van der Waals surface area contributed by atoms with Crippen molar-refractivity contribution in [2.75, 3.05) is 78.5 Å². The summed E-state index contributed by atoms with van der Waals surface area (Å²) in [4.78, 5) is 36.5. The zero-order valence-electron chi connectivity index (χ0n) is 28.8. The van der Waals surface area contributed by atoms with Gasteiger partial charge >= 0.3 is 5.69 Å². The summed E-state index contributed by atoms with van der Waals surface area (Å²) >= 11 is 0. The van der Waals surface area contributed by atoms with Crippen LogP contribution in [-0.4, -0.2) is 130 Å². The Balaban J connectivity index is 1.01. The first-order chi connectivity index (χ1) is 24.4. The molecule has 0 unspecified atom stereocenters. The molecule has 0 saturated carbocycles. The fourth-order valence-corrected chi connectivity index (χ4v) is 6.95. The van der Waals surface area contributed by atoms with E-state index in [0.717, 1.165) is 70.0 Å². The van der Waals surface area contributed by atoms with E-state index in [1.165, 1.54) is 15.7 Å². The Kier molecular flexibility index (Phi) is 12.6. The molecule has 0 amide bonds. The van der Waals surface area contributed by atoms with Crippen LogP contribution in [0, 0.1) is 0 Å². The van der Waals surface area contributed by atoms with Gasteiger partial charge in [0.05, 0.1) is 36.2 Å². The average molecular weight is 679 g/mol. The van der Waals surface area contributed by atoms with Crippen molar-refractivity contribution in [3.05, 3.63) is 129 Å². The summed E-state index contributed by atoms with van der Waals surface area (Å²) in [5.41, 5.74) is 1.96. The largest absolute Gasteiger partial charge is 0.390 e. The Labute approximate surface area is 294 Å². The second-order valence-corrected chi connectivity index (χ2v) is 13.5. The molecule has 0 aliphatic carbocycles. The Bertz CT molecular complexity index is 1820. The Morgan fingerprint density at radius 1 is 0.520 bits per heavy atom. The molecule has 3 aromatic carbocycles. The number of rotatable bonds is 14. The van der Waals surface area contributed by atoms with E-state index in [4.69, 9.17) is 0 Å². The topological polar surface area (TPSA) is 97.4 Å². The Hall–Kier alpha value is -4.16. The highest BCUT2D eigenvalue weighted by Gasteiger charge is 2.23.